The lowest BCUT2D eigenvalue weighted by atomic mass is 10.1. The molecule has 7 heteroatoms. The number of fused-ring (bicyclic) bond motifs is 1. The fourth-order valence-corrected chi connectivity index (χ4v) is 4.44. The van der Waals surface area contributed by atoms with E-state index in [1.165, 1.54) is 0 Å². The summed E-state index contributed by atoms with van der Waals surface area (Å²) in [5.74, 6) is -0.167. The van der Waals surface area contributed by atoms with Crippen molar-refractivity contribution in [3.05, 3.63) is 42.5 Å². The maximum Gasteiger partial charge on any atom is 0.240 e. The molecule has 1 aliphatic carbocycles. The zero-order valence-corrected chi connectivity index (χ0v) is 15.6. The van der Waals surface area contributed by atoms with Gasteiger partial charge < -0.3 is 10.1 Å². The van der Waals surface area contributed by atoms with Gasteiger partial charge in [0.1, 0.15) is 0 Å². The summed E-state index contributed by atoms with van der Waals surface area (Å²) < 4.78 is 32.7. The zero-order valence-electron chi connectivity index (χ0n) is 14.8. The van der Waals surface area contributed by atoms with Gasteiger partial charge in [0, 0.05) is 20.1 Å². The number of amides is 1. The normalized spacial score (nSPS) is 20.3. The van der Waals surface area contributed by atoms with Crippen LogP contribution in [0.15, 0.2) is 47.4 Å². The molecule has 0 saturated heterocycles. The van der Waals surface area contributed by atoms with Gasteiger partial charge in [-0.3, -0.25) is 4.79 Å². The van der Waals surface area contributed by atoms with E-state index in [1.54, 1.807) is 25.3 Å². The smallest absolute Gasteiger partial charge is 0.240 e. The van der Waals surface area contributed by atoms with Gasteiger partial charge in [0.15, 0.2) is 0 Å². The van der Waals surface area contributed by atoms with E-state index in [4.69, 9.17) is 4.74 Å². The molecule has 0 radical (unpaired) electrons. The Morgan fingerprint density at radius 3 is 2.69 bits per heavy atom. The Morgan fingerprint density at radius 2 is 1.92 bits per heavy atom. The Bertz CT molecular complexity index is 882. The number of carbonyl (C=O) groups is 1. The summed E-state index contributed by atoms with van der Waals surface area (Å²) in [4.78, 5) is 12.3. The van der Waals surface area contributed by atoms with Gasteiger partial charge in [-0.15, -0.1) is 0 Å². The first kappa shape index (κ1) is 18.8. The number of methoxy groups -OCH3 is 1. The maximum absolute atomic E-state index is 12.4. The van der Waals surface area contributed by atoms with Crippen LogP contribution >= 0.6 is 0 Å². The molecule has 1 aliphatic rings. The van der Waals surface area contributed by atoms with Crippen molar-refractivity contribution in [2.24, 2.45) is 0 Å². The molecule has 0 aliphatic heterocycles. The summed E-state index contributed by atoms with van der Waals surface area (Å²) in [6.07, 6.45) is 3.01. The standard InChI is InChI=1S/C19H24N2O4S/c1-25-18-8-4-7-17(18)21-19(22)11-12-20-26(23,24)16-10-9-14-5-2-3-6-15(14)13-16/h2-3,5-6,9-10,13,17-18,20H,4,7-8,11-12H2,1H3,(H,21,22)/t17-,18+/m0/s1. The van der Waals surface area contributed by atoms with E-state index in [0.29, 0.717) is 0 Å². The topological polar surface area (TPSA) is 84.5 Å². The van der Waals surface area contributed by atoms with Crippen LogP contribution in [0.3, 0.4) is 0 Å². The van der Waals surface area contributed by atoms with E-state index >= 15 is 0 Å². The molecule has 2 N–H and O–H groups in total. The average Bonchev–Trinajstić information content (AvgIpc) is 3.08. The number of ether oxygens (including phenoxy) is 1. The Hall–Kier alpha value is -1.96. The van der Waals surface area contributed by atoms with Crippen LogP contribution in [-0.2, 0) is 19.6 Å². The number of carbonyl (C=O) groups excluding carboxylic acids is 1. The molecule has 0 bridgehead atoms. The molecule has 2 atom stereocenters. The summed E-state index contributed by atoms with van der Waals surface area (Å²) in [7, 11) is -2.00. The molecule has 2 aromatic carbocycles. The molecule has 26 heavy (non-hydrogen) atoms. The first-order valence-corrected chi connectivity index (χ1v) is 10.3. The predicted octanol–water partition coefficient (Wildman–Crippen LogP) is 2.19. The van der Waals surface area contributed by atoms with E-state index in [2.05, 4.69) is 10.0 Å². The van der Waals surface area contributed by atoms with Crippen molar-refractivity contribution in [1.29, 1.82) is 0 Å². The maximum atomic E-state index is 12.4. The Balaban J connectivity index is 1.55. The fraction of sp³-hybridized carbons (Fsp3) is 0.421. The second-order valence-electron chi connectivity index (χ2n) is 6.54. The molecule has 0 heterocycles. The van der Waals surface area contributed by atoms with E-state index in [1.807, 2.05) is 24.3 Å². The minimum Gasteiger partial charge on any atom is -0.379 e. The second-order valence-corrected chi connectivity index (χ2v) is 8.30. The third-order valence-corrected chi connectivity index (χ3v) is 6.24. The van der Waals surface area contributed by atoms with Crippen LogP contribution in [0.2, 0.25) is 0 Å². The summed E-state index contributed by atoms with van der Waals surface area (Å²) in [5, 5.41) is 4.77. The van der Waals surface area contributed by atoms with Crippen molar-refractivity contribution in [3.8, 4) is 0 Å². The van der Waals surface area contributed by atoms with E-state index in [-0.39, 0.29) is 35.9 Å². The lowest BCUT2D eigenvalue weighted by molar-refractivity contribution is -0.122. The number of hydrogen-bond acceptors (Lipinski definition) is 4. The van der Waals surface area contributed by atoms with Gasteiger partial charge in [-0.05, 0) is 42.2 Å². The lowest BCUT2D eigenvalue weighted by Crippen LogP contribution is -2.41. The van der Waals surface area contributed by atoms with Crippen LogP contribution in [-0.4, -0.2) is 40.1 Å². The number of hydrogen-bond donors (Lipinski definition) is 2. The molecule has 0 unspecified atom stereocenters. The van der Waals surface area contributed by atoms with Crippen molar-refractivity contribution in [2.75, 3.05) is 13.7 Å². The molecule has 3 rings (SSSR count). The van der Waals surface area contributed by atoms with Crippen molar-refractivity contribution in [2.45, 2.75) is 42.7 Å². The van der Waals surface area contributed by atoms with Crippen LogP contribution in [0.1, 0.15) is 25.7 Å². The highest BCUT2D eigenvalue weighted by Crippen LogP contribution is 2.21. The summed E-state index contributed by atoms with van der Waals surface area (Å²) in [5.41, 5.74) is 0. The number of benzene rings is 2. The highest BCUT2D eigenvalue weighted by molar-refractivity contribution is 7.89. The minimum absolute atomic E-state index is 0.0181. The first-order chi connectivity index (χ1) is 12.5. The second kappa shape index (κ2) is 8.16. The highest BCUT2D eigenvalue weighted by Gasteiger charge is 2.28. The van der Waals surface area contributed by atoms with E-state index < -0.39 is 10.0 Å². The van der Waals surface area contributed by atoms with Crippen molar-refractivity contribution in [3.63, 3.8) is 0 Å². The highest BCUT2D eigenvalue weighted by atomic mass is 32.2. The van der Waals surface area contributed by atoms with Gasteiger partial charge in [-0.2, -0.15) is 0 Å². The molecule has 1 fully saturated rings. The SMILES string of the molecule is CO[C@@H]1CCC[C@@H]1NC(=O)CCNS(=O)(=O)c1ccc2ccccc2c1. The van der Waals surface area contributed by atoms with Gasteiger partial charge >= 0.3 is 0 Å². The monoisotopic (exact) mass is 376 g/mol. The Kier molecular flexibility index (Phi) is 5.90. The van der Waals surface area contributed by atoms with Crippen LogP contribution in [0.4, 0.5) is 0 Å². The largest absolute Gasteiger partial charge is 0.379 e. The lowest BCUT2D eigenvalue weighted by Gasteiger charge is -2.19. The van der Waals surface area contributed by atoms with Crippen LogP contribution in [0, 0.1) is 0 Å². The average molecular weight is 376 g/mol. The molecular weight excluding hydrogens is 352 g/mol. The summed E-state index contributed by atoms with van der Waals surface area (Å²) >= 11 is 0. The summed E-state index contributed by atoms with van der Waals surface area (Å²) in [6, 6.07) is 12.6. The molecular formula is C19H24N2O4S. The van der Waals surface area contributed by atoms with Gasteiger partial charge in [0.25, 0.3) is 0 Å². The molecule has 6 nitrogen and oxygen atoms in total. The van der Waals surface area contributed by atoms with Gasteiger partial charge in [0.05, 0.1) is 17.0 Å². The van der Waals surface area contributed by atoms with Crippen molar-refractivity contribution >= 4 is 26.7 Å². The molecule has 0 spiro atoms. The third kappa shape index (κ3) is 4.41. The third-order valence-electron chi connectivity index (χ3n) is 4.78. The molecule has 1 saturated carbocycles. The minimum atomic E-state index is -3.64. The number of rotatable bonds is 7. The molecule has 1 amide bonds. The Labute approximate surface area is 154 Å². The molecule has 140 valence electrons. The van der Waals surface area contributed by atoms with Crippen molar-refractivity contribution in [1.82, 2.24) is 10.0 Å². The fourth-order valence-electron chi connectivity index (χ4n) is 3.37. The zero-order chi connectivity index (χ0) is 18.6. The van der Waals surface area contributed by atoms with Gasteiger partial charge in [-0.25, -0.2) is 13.1 Å². The first-order valence-electron chi connectivity index (χ1n) is 8.80. The molecule has 2 aromatic rings. The quantitative estimate of drug-likeness (QED) is 0.776. The van der Waals surface area contributed by atoms with Crippen LogP contribution in [0.25, 0.3) is 10.8 Å². The van der Waals surface area contributed by atoms with E-state index in [0.717, 1.165) is 30.0 Å². The van der Waals surface area contributed by atoms with Crippen LogP contribution in [0.5, 0.6) is 0 Å². The van der Waals surface area contributed by atoms with Crippen LogP contribution < -0.4 is 10.0 Å². The summed E-state index contributed by atoms with van der Waals surface area (Å²) in [6.45, 7) is 0.0609. The van der Waals surface area contributed by atoms with Gasteiger partial charge in [-0.1, -0.05) is 30.3 Å². The Morgan fingerprint density at radius 1 is 1.15 bits per heavy atom. The number of sulfonamides is 1. The number of nitrogens with one attached hydrogen (secondary N) is 2. The van der Waals surface area contributed by atoms with E-state index in [9.17, 15) is 13.2 Å². The molecule has 0 aromatic heterocycles. The predicted molar refractivity (Wildman–Crippen MR) is 100 cm³/mol. The van der Waals surface area contributed by atoms with Gasteiger partial charge in [0.2, 0.25) is 15.9 Å². The van der Waals surface area contributed by atoms with Crippen molar-refractivity contribution < 1.29 is 17.9 Å².